The van der Waals surface area contributed by atoms with Crippen molar-refractivity contribution in [2.45, 2.75) is 6.92 Å². The van der Waals surface area contributed by atoms with Crippen molar-refractivity contribution in [2.75, 3.05) is 25.1 Å². The lowest BCUT2D eigenvalue weighted by atomic mass is 10.2. The standard InChI is InChI=1S/C10H13ClN2O3/c1-2-16-6-5-12-9-4-3-8(11)7-10(9)13(14)15/h3-4,7,12H,2,5-6H2,1H3. The Morgan fingerprint density at radius 1 is 1.56 bits per heavy atom. The summed E-state index contributed by atoms with van der Waals surface area (Å²) in [6.07, 6.45) is 0. The minimum absolute atomic E-state index is 0.0241. The molecule has 0 unspecified atom stereocenters. The van der Waals surface area contributed by atoms with Crippen LogP contribution in [0.5, 0.6) is 0 Å². The highest BCUT2D eigenvalue weighted by Crippen LogP contribution is 2.27. The minimum atomic E-state index is -0.463. The lowest BCUT2D eigenvalue weighted by molar-refractivity contribution is -0.383. The molecule has 0 heterocycles. The highest BCUT2D eigenvalue weighted by Gasteiger charge is 2.13. The SMILES string of the molecule is CCOCCNc1ccc(Cl)cc1[N+](=O)[O-]. The maximum atomic E-state index is 10.7. The van der Waals surface area contributed by atoms with Crippen molar-refractivity contribution in [1.29, 1.82) is 0 Å². The predicted octanol–water partition coefficient (Wildman–Crippen LogP) is 2.70. The molecule has 0 atom stereocenters. The Bertz CT molecular complexity index is 371. The number of nitrogens with one attached hydrogen (secondary N) is 1. The van der Waals surface area contributed by atoms with Gasteiger partial charge in [-0.25, -0.2) is 0 Å². The molecule has 0 saturated carbocycles. The predicted molar refractivity (Wildman–Crippen MR) is 63.1 cm³/mol. The first-order valence-corrected chi connectivity index (χ1v) is 5.28. The second kappa shape index (κ2) is 6.30. The van der Waals surface area contributed by atoms with E-state index in [2.05, 4.69) is 5.32 Å². The number of ether oxygens (including phenoxy) is 1. The molecule has 0 saturated heterocycles. The second-order valence-corrected chi connectivity index (χ2v) is 3.48. The molecular formula is C10H13ClN2O3. The third kappa shape index (κ3) is 3.67. The van der Waals surface area contributed by atoms with Crippen LogP contribution in [0, 0.1) is 10.1 Å². The summed E-state index contributed by atoms with van der Waals surface area (Å²) in [4.78, 5) is 10.3. The summed E-state index contributed by atoms with van der Waals surface area (Å²) in [6.45, 7) is 3.56. The van der Waals surface area contributed by atoms with Crippen LogP contribution in [0.25, 0.3) is 0 Å². The molecule has 0 radical (unpaired) electrons. The van der Waals surface area contributed by atoms with Crippen LogP contribution in [0.1, 0.15) is 6.92 Å². The Morgan fingerprint density at radius 2 is 2.31 bits per heavy atom. The zero-order chi connectivity index (χ0) is 12.0. The van der Waals surface area contributed by atoms with Gasteiger partial charge in [0, 0.05) is 24.2 Å². The van der Waals surface area contributed by atoms with Crippen LogP contribution >= 0.6 is 11.6 Å². The van der Waals surface area contributed by atoms with E-state index in [1.165, 1.54) is 6.07 Å². The van der Waals surface area contributed by atoms with Crippen LogP contribution in [0.15, 0.2) is 18.2 Å². The van der Waals surface area contributed by atoms with Gasteiger partial charge in [-0.05, 0) is 19.1 Å². The van der Waals surface area contributed by atoms with Crippen molar-refractivity contribution in [1.82, 2.24) is 0 Å². The van der Waals surface area contributed by atoms with E-state index >= 15 is 0 Å². The van der Waals surface area contributed by atoms with Gasteiger partial charge in [-0.15, -0.1) is 0 Å². The van der Waals surface area contributed by atoms with Gasteiger partial charge in [0.1, 0.15) is 5.69 Å². The molecule has 16 heavy (non-hydrogen) atoms. The molecule has 1 N–H and O–H groups in total. The number of rotatable bonds is 6. The van der Waals surface area contributed by atoms with Crippen LogP contribution < -0.4 is 5.32 Å². The maximum Gasteiger partial charge on any atom is 0.293 e. The van der Waals surface area contributed by atoms with Crippen LogP contribution in [0.3, 0.4) is 0 Å². The van der Waals surface area contributed by atoms with Crippen molar-refractivity contribution in [3.63, 3.8) is 0 Å². The molecule has 5 nitrogen and oxygen atoms in total. The molecule has 88 valence electrons. The van der Waals surface area contributed by atoms with Gasteiger partial charge < -0.3 is 10.1 Å². The number of nitro benzene ring substituents is 1. The lowest BCUT2D eigenvalue weighted by Crippen LogP contribution is -2.10. The van der Waals surface area contributed by atoms with E-state index in [1.807, 2.05) is 6.92 Å². The van der Waals surface area contributed by atoms with Gasteiger partial charge >= 0.3 is 0 Å². The average molecular weight is 245 g/mol. The van der Waals surface area contributed by atoms with Gasteiger partial charge in [0.05, 0.1) is 11.5 Å². The van der Waals surface area contributed by atoms with Crippen LogP contribution in [0.2, 0.25) is 5.02 Å². The molecular weight excluding hydrogens is 232 g/mol. The molecule has 1 aromatic rings. The number of anilines is 1. The second-order valence-electron chi connectivity index (χ2n) is 3.04. The molecule has 0 fully saturated rings. The molecule has 1 aromatic carbocycles. The molecule has 0 spiro atoms. The molecule has 6 heteroatoms. The van der Waals surface area contributed by atoms with Crippen molar-refractivity contribution < 1.29 is 9.66 Å². The summed E-state index contributed by atoms with van der Waals surface area (Å²) in [5.74, 6) is 0. The van der Waals surface area contributed by atoms with Crippen molar-refractivity contribution in [2.24, 2.45) is 0 Å². The molecule has 1 rings (SSSR count). The lowest BCUT2D eigenvalue weighted by Gasteiger charge is -2.07. The first-order chi connectivity index (χ1) is 7.65. The normalized spacial score (nSPS) is 10.1. The highest BCUT2D eigenvalue weighted by molar-refractivity contribution is 6.30. The van der Waals surface area contributed by atoms with Gasteiger partial charge in [0.2, 0.25) is 0 Å². The number of nitrogens with zero attached hydrogens (tertiary/aromatic N) is 1. The van der Waals surface area contributed by atoms with Gasteiger partial charge in [0.15, 0.2) is 0 Å². The first-order valence-electron chi connectivity index (χ1n) is 4.90. The van der Waals surface area contributed by atoms with Crippen molar-refractivity contribution in [3.8, 4) is 0 Å². The fraction of sp³-hybridized carbons (Fsp3) is 0.400. The third-order valence-electron chi connectivity index (χ3n) is 1.92. The van der Waals surface area contributed by atoms with Gasteiger partial charge in [-0.1, -0.05) is 11.6 Å². The van der Waals surface area contributed by atoms with E-state index in [4.69, 9.17) is 16.3 Å². The zero-order valence-corrected chi connectivity index (χ0v) is 9.66. The topological polar surface area (TPSA) is 64.4 Å². The first kappa shape index (κ1) is 12.7. The van der Waals surface area contributed by atoms with E-state index in [-0.39, 0.29) is 5.69 Å². The van der Waals surface area contributed by atoms with E-state index in [0.717, 1.165) is 0 Å². The minimum Gasteiger partial charge on any atom is -0.380 e. The molecule has 0 aliphatic carbocycles. The smallest absolute Gasteiger partial charge is 0.293 e. The van der Waals surface area contributed by atoms with Gasteiger partial charge in [0.25, 0.3) is 5.69 Å². The molecule has 0 aromatic heterocycles. The van der Waals surface area contributed by atoms with E-state index in [1.54, 1.807) is 12.1 Å². The van der Waals surface area contributed by atoms with Crippen LogP contribution in [-0.2, 0) is 4.74 Å². The summed E-state index contributed by atoms with van der Waals surface area (Å²) in [6, 6.07) is 4.52. The maximum absolute atomic E-state index is 10.7. The number of benzene rings is 1. The van der Waals surface area contributed by atoms with Crippen LogP contribution in [-0.4, -0.2) is 24.7 Å². The Balaban J connectivity index is 2.67. The number of halogens is 1. The third-order valence-corrected chi connectivity index (χ3v) is 2.16. The summed E-state index contributed by atoms with van der Waals surface area (Å²) < 4.78 is 5.12. The summed E-state index contributed by atoms with van der Waals surface area (Å²) in [7, 11) is 0. The number of hydrogen-bond acceptors (Lipinski definition) is 4. The summed E-state index contributed by atoms with van der Waals surface area (Å²) >= 11 is 5.69. The summed E-state index contributed by atoms with van der Waals surface area (Å²) in [5.41, 5.74) is 0.429. The Labute approximate surface area is 98.5 Å². The van der Waals surface area contributed by atoms with Gasteiger partial charge in [-0.2, -0.15) is 0 Å². The fourth-order valence-electron chi connectivity index (χ4n) is 1.21. The number of nitro groups is 1. The molecule has 0 bridgehead atoms. The molecule has 0 aliphatic rings. The Hall–Kier alpha value is -1.33. The van der Waals surface area contributed by atoms with E-state index in [0.29, 0.717) is 30.5 Å². The van der Waals surface area contributed by atoms with Crippen molar-refractivity contribution >= 4 is 23.0 Å². The monoisotopic (exact) mass is 244 g/mol. The van der Waals surface area contributed by atoms with E-state index < -0.39 is 4.92 Å². The molecule has 0 aliphatic heterocycles. The number of hydrogen-bond donors (Lipinski definition) is 1. The van der Waals surface area contributed by atoms with Gasteiger partial charge in [-0.3, -0.25) is 10.1 Å². The Kier molecular flexibility index (Phi) is 5.01. The highest BCUT2D eigenvalue weighted by atomic mass is 35.5. The van der Waals surface area contributed by atoms with Crippen LogP contribution in [0.4, 0.5) is 11.4 Å². The average Bonchev–Trinajstić information content (AvgIpc) is 2.26. The largest absolute Gasteiger partial charge is 0.380 e. The Morgan fingerprint density at radius 3 is 2.94 bits per heavy atom. The fourth-order valence-corrected chi connectivity index (χ4v) is 1.37. The van der Waals surface area contributed by atoms with E-state index in [9.17, 15) is 10.1 Å². The quantitative estimate of drug-likeness (QED) is 0.475. The van der Waals surface area contributed by atoms with Crippen molar-refractivity contribution in [3.05, 3.63) is 33.3 Å². The summed E-state index contributed by atoms with van der Waals surface area (Å²) in [5, 5.41) is 14.0. The zero-order valence-electron chi connectivity index (χ0n) is 8.90. The molecule has 0 amide bonds.